The monoisotopic (exact) mass is 318 g/mol. The van der Waals surface area contributed by atoms with Crippen LogP contribution in [0.1, 0.15) is 24.0 Å². The third kappa shape index (κ3) is 4.31. The molecule has 1 fully saturated rings. The number of halogens is 3. The average molecular weight is 318 g/mol. The smallest absolute Gasteiger partial charge is 0.417 e. The molecule has 3 nitrogen and oxygen atoms in total. The number of nitrogens with two attached hydrogens (primary N) is 1. The number of rotatable bonds is 5. The summed E-state index contributed by atoms with van der Waals surface area (Å²) in [6.07, 6.45) is -2.11. The molecule has 116 valence electrons. The van der Waals surface area contributed by atoms with Crippen LogP contribution >= 0.6 is 12.2 Å². The van der Waals surface area contributed by atoms with E-state index in [1.807, 2.05) is 0 Å². The number of alkyl halides is 3. The van der Waals surface area contributed by atoms with Crippen LogP contribution in [0, 0.1) is 0 Å². The molecule has 1 aliphatic rings. The molecule has 0 amide bonds. The Kier molecular flexibility index (Phi) is 5.05. The number of ether oxygens (including phenoxy) is 1. The zero-order valence-corrected chi connectivity index (χ0v) is 12.3. The first-order chi connectivity index (χ1) is 9.88. The van der Waals surface area contributed by atoms with E-state index in [0.29, 0.717) is 12.4 Å². The Morgan fingerprint density at radius 3 is 2.52 bits per heavy atom. The molecule has 0 spiro atoms. The zero-order chi connectivity index (χ0) is 15.5. The van der Waals surface area contributed by atoms with E-state index in [4.69, 9.17) is 22.7 Å². The molecule has 7 heteroatoms. The van der Waals surface area contributed by atoms with Crippen molar-refractivity contribution in [3.05, 3.63) is 29.3 Å². The minimum absolute atomic E-state index is 0.198. The van der Waals surface area contributed by atoms with Crippen LogP contribution in [0.25, 0.3) is 0 Å². The lowest BCUT2D eigenvalue weighted by Crippen LogP contribution is -2.25. The van der Waals surface area contributed by atoms with Crippen LogP contribution in [0.4, 0.5) is 13.2 Å². The number of nitrogens with zero attached hydrogens (tertiary/aromatic N) is 1. The summed E-state index contributed by atoms with van der Waals surface area (Å²) in [7, 11) is 0. The second-order valence-corrected chi connectivity index (χ2v) is 5.41. The van der Waals surface area contributed by atoms with Gasteiger partial charge in [0.05, 0.1) is 5.56 Å². The number of likely N-dealkylation sites (tertiary alicyclic amines) is 1. The minimum atomic E-state index is -4.48. The fourth-order valence-electron chi connectivity index (χ4n) is 2.36. The molecule has 1 saturated heterocycles. The van der Waals surface area contributed by atoms with Gasteiger partial charge in [-0.2, -0.15) is 13.2 Å². The van der Waals surface area contributed by atoms with Crippen molar-refractivity contribution in [2.45, 2.75) is 19.0 Å². The molecule has 0 aromatic heterocycles. The van der Waals surface area contributed by atoms with Gasteiger partial charge in [0.25, 0.3) is 0 Å². The molecule has 1 aliphatic heterocycles. The third-order valence-corrected chi connectivity index (χ3v) is 3.66. The van der Waals surface area contributed by atoms with Crippen LogP contribution in [0.2, 0.25) is 0 Å². The highest BCUT2D eigenvalue weighted by atomic mass is 32.1. The molecule has 2 N–H and O–H groups in total. The van der Waals surface area contributed by atoms with Gasteiger partial charge in [-0.25, -0.2) is 0 Å². The molecule has 2 rings (SSSR count). The van der Waals surface area contributed by atoms with Gasteiger partial charge in [0.2, 0.25) is 0 Å². The molecule has 1 aromatic carbocycles. The quantitative estimate of drug-likeness (QED) is 0.847. The summed E-state index contributed by atoms with van der Waals surface area (Å²) >= 11 is 4.69. The highest BCUT2D eigenvalue weighted by molar-refractivity contribution is 7.80. The van der Waals surface area contributed by atoms with Crippen LogP contribution in [0.5, 0.6) is 5.75 Å². The van der Waals surface area contributed by atoms with Gasteiger partial charge in [-0.15, -0.1) is 0 Å². The number of benzene rings is 1. The van der Waals surface area contributed by atoms with Crippen molar-refractivity contribution >= 4 is 17.2 Å². The standard InChI is InChI=1S/C14H17F3N2OS/c15-14(16,17)12-4-3-10(9-11(12)13(18)21)20-8-7-19-5-1-2-6-19/h3-4,9H,1-2,5-8H2,(H2,18,21). The topological polar surface area (TPSA) is 38.5 Å². The van der Waals surface area contributed by atoms with E-state index in [-0.39, 0.29) is 10.6 Å². The molecule has 0 saturated carbocycles. The number of hydrogen-bond donors (Lipinski definition) is 1. The fraction of sp³-hybridized carbons (Fsp3) is 0.500. The first-order valence-corrected chi connectivity index (χ1v) is 7.15. The van der Waals surface area contributed by atoms with Crippen molar-refractivity contribution < 1.29 is 17.9 Å². The fourth-order valence-corrected chi connectivity index (χ4v) is 2.53. The van der Waals surface area contributed by atoms with Crippen LogP contribution in [0.15, 0.2) is 18.2 Å². The Morgan fingerprint density at radius 2 is 1.95 bits per heavy atom. The molecule has 0 bridgehead atoms. The SMILES string of the molecule is NC(=S)c1cc(OCCN2CCCC2)ccc1C(F)(F)F. The van der Waals surface area contributed by atoms with Crippen LogP contribution in [-0.4, -0.2) is 36.1 Å². The van der Waals surface area contributed by atoms with Gasteiger partial charge in [0.15, 0.2) is 0 Å². The molecule has 0 unspecified atom stereocenters. The molecule has 0 atom stereocenters. The van der Waals surface area contributed by atoms with Gasteiger partial charge in [0, 0.05) is 12.1 Å². The van der Waals surface area contributed by atoms with Crippen molar-refractivity contribution in [2.75, 3.05) is 26.2 Å². The maximum absolute atomic E-state index is 12.8. The lowest BCUT2D eigenvalue weighted by Gasteiger charge is -2.16. The van der Waals surface area contributed by atoms with Crippen LogP contribution in [0.3, 0.4) is 0 Å². The summed E-state index contributed by atoms with van der Waals surface area (Å²) in [5.41, 5.74) is 4.35. The van der Waals surface area contributed by atoms with E-state index in [0.717, 1.165) is 25.7 Å². The van der Waals surface area contributed by atoms with Crippen LogP contribution in [-0.2, 0) is 6.18 Å². The van der Waals surface area contributed by atoms with E-state index in [1.54, 1.807) is 0 Å². The predicted molar refractivity (Wildman–Crippen MR) is 78.5 cm³/mol. The van der Waals surface area contributed by atoms with E-state index in [1.165, 1.54) is 25.0 Å². The summed E-state index contributed by atoms with van der Waals surface area (Å²) in [6.45, 7) is 3.30. The van der Waals surface area contributed by atoms with Crippen LogP contribution < -0.4 is 10.5 Å². The first kappa shape index (κ1) is 16.0. The Balaban J connectivity index is 2.03. The zero-order valence-electron chi connectivity index (χ0n) is 11.4. The lowest BCUT2D eigenvalue weighted by atomic mass is 10.1. The molecular formula is C14H17F3N2OS. The Morgan fingerprint density at radius 1 is 1.29 bits per heavy atom. The molecule has 0 aliphatic carbocycles. The summed E-state index contributed by atoms with van der Waals surface area (Å²) in [5, 5.41) is 0. The second kappa shape index (κ2) is 6.62. The second-order valence-electron chi connectivity index (χ2n) is 4.97. The number of thiocarbonyl (C=S) groups is 1. The van der Waals surface area contributed by atoms with Gasteiger partial charge in [-0.05, 0) is 44.1 Å². The van der Waals surface area contributed by atoms with Crippen molar-refractivity contribution in [1.82, 2.24) is 4.90 Å². The minimum Gasteiger partial charge on any atom is -0.492 e. The summed E-state index contributed by atoms with van der Waals surface area (Å²) in [6, 6.07) is 3.52. The van der Waals surface area contributed by atoms with Gasteiger partial charge >= 0.3 is 6.18 Å². The molecular weight excluding hydrogens is 301 g/mol. The lowest BCUT2D eigenvalue weighted by molar-refractivity contribution is -0.137. The normalized spacial score (nSPS) is 16.1. The Hall–Kier alpha value is -1.34. The van der Waals surface area contributed by atoms with Crippen molar-refractivity contribution in [3.8, 4) is 5.75 Å². The van der Waals surface area contributed by atoms with E-state index in [2.05, 4.69) is 4.90 Å². The van der Waals surface area contributed by atoms with E-state index < -0.39 is 11.7 Å². The first-order valence-electron chi connectivity index (χ1n) is 6.74. The molecule has 1 aromatic rings. The molecule has 1 heterocycles. The van der Waals surface area contributed by atoms with Gasteiger partial charge in [0.1, 0.15) is 17.3 Å². The Labute approximate surface area is 126 Å². The average Bonchev–Trinajstić information content (AvgIpc) is 2.90. The molecule has 21 heavy (non-hydrogen) atoms. The maximum Gasteiger partial charge on any atom is 0.417 e. The summed E-state index contributed by atoms with van der Waals surface area (Å²) < 4.78 is 44.0. The van der Waals surface area contributed by atoms with E-state index >= 15 is 0 Å². The van der Waals surface area contributed by atoms with E-state index in [9.17, 15) is 13.2 Å². The van der Waals surface area contributed by atoms with Crippen molar-refractivity contribution in [2.24, 2.45) is 5.73 Å². The number of hydrogen-bond acceptors (Lipinski definition) is 3. The van der Waals surface area contributed by atoms with Gasteiger partial charge in [-0.1, -0.05) is 12.2 Å². The van der Waals surface area contributed by atoms with Crippen molar-refractivity contribution in [1.29, 1.82) is 0 Å². The van der Waals surface area contributed by atoms with Crippen molar-refractivity contribution in [3.63, 3.8) is 0 Å². The predicted octanol–water partition coefficient (Wildman–Crippen LogP) is 2.81. The van der Waals surface area contributed by atoms with Gasteiger partial charge in [-0.3, -0.25) is 4.90 Å². The summed E-state index contributed by atoms with van der Waals surface area (Å²) in [4.78, 5) is 1.98. The highest BCUT2D eigenvalue weighted by Crippen LogP contribution is 2.33. The Bertz CT molecular complexity index is 513. The molecule has 0 radical (unpaired) electrons. The largest absolute Gasteiger partial charge is 0.492 e. The highest BCUT2D eigenvalue weighted by Gasteiger charge is 2.34. The third-order valence-electron chi connectivity index (χ3n) is 3.44. The maximum atomic E-state index is 12.8. The summed E-state index contributed by atoms with van der Waals surface area (Å²) in [5.74, 6) is 0.352. The van der Waals surface area contributed by atoms with Gasteiger partial charge < -0.3 is 10.5 Å².